The lowest BCUT2D eigenvalue weighted by molar-refractivity contribution is 0.581. The van der Waals surface area contributed by atoms with Crippen LogP contribution in [0.1, 0.15) is 4.88 Å². The van der Waals surface area contributed by atoms with E-state index < -0.39 is 10.0 Å². The first-order chi connectivity index (χ1) is 9.01. The maximum absolute atomic E-state index is 12.1. The van der Waals surface area contributed by atoms with E-state index in [4.69, 9.17) is 5.84 Å². The molecule has 0 saturated heterocycles. The lowest BCUT2D eigenvalue weighted by Crippen LogP contribution is -2.23. The van der Waals surface area contributed by atoms with Crippen molar-refractivity contribution in [2.45, 2.75) is 11.4 Å². The Kier molecular flexibility index (Phi) is 4.53. The number of hydrogen-bond donors (Lipinski definition) is 3. The second-order valence-corrected chi connectivity index (χ2v) is 7.87. The van der Waals surface area contributed by atoms with Gasteiger partial charge in [-0.25, -0.2) is 24.0 Å². The van der Waals surface area contributed by atoms with Gasteiger partial charge in [-0.2, -0.15) is 0 Å². The number of hydrazine groups is 1. The molecule has 0 unspecified atom stereocenters. The number of nitrogens with two attached hydrogens (primary N) is 1. The van der Waals surface area contributed by atoms with Crippen LogP contribution in [-0.2, 0) is 16.6 Å². The normalized spacial score (nSPS) is 11.5. The molecule has 0 amide bonds. The first-order valence-corrected chi connectivity index (χ1v) is 8.27. The Hall–Kier alpha value is -1.00. The molecular weight excluding hydrogens is 352 g/mol. The third kappa shape index (κ3) is 3.74. The van der Waals surface area contributed by atoms with Crippen LogP contribution in [0.25, 0.3) is 0 Å². The summed E-state index contributed by atoms with van der Waals surface area (Å²) in [7, 11) is -3.58. The minimum Gasteiger partial charge on any atom is -0.308 e. The molecule has 6 nitrogen and oxygen atoms in total. The number of aromatic nitrogens is 1. The number of nitrogens with zero attached hydrogens (tertiary/aromatic N) is 1. The fraction of sp³-hybridized carbons (Fsp3) is 0.100. The van der Waals surface area contributed by atoms with Crippen molar-refractivity contribution in [1.29, 1.82) is 0 Å². The number of rotatable bonds is 5. The molecule has 0 saturated carbocycles. The number of pyridine rings is 1. The van der Waals surface area contributed by atoms with E-state index in [1.165, 1.54) is 29.7 Å². The van der Waals surface area contributed by atoms with Crippen molar-refractivity contribution in [1.82, 2.24) is 9.71 Å². The zero-order valence-corrected chi connectivity index (χ0v) is 12.8. The summed E-state index contributed by atoms with van der Waals surface area (Å²) < 4.78 is 27.6. The van der Waals surface area contributed by atoms with Crippen LogP contribution in [0.4, 0.5) is 5.82 Å². The van der Waals surface area contributed by atoms with E-state index in [9.17, 15) is 8.42 Å². The second kappa shape index (κ2) is 5.97. The van der Waals surface area contributed by atoms with Crippen LogP contribution in [0.5, 0.6) is 0 Å². The smallest absolute Gasteiger partial charge is 0.241 e. The van der Waals surface area contributed by atoms with E-state index in [1.807, 2.05) is 12.1 Å². The van der Waals surface area contributed by atoms with Gasteiger partial charge in [0.05, 0.1) is 8.68 Å². The minimum absolute atomic E-state index is 0.117. The topological polar surface area (TPSA) is 97.1 Å². The molecule has 2 aromatic heterocycles. The minimum atomic E-state index is -3.58. The van der Waals surface area contributed by atoms with Crippen LogP contribution in [0.2, 0.25) is 0 Å². The van der Waals surface area contributed by atoms with Crippen molar-refractivity contribution in [3.63, 3.8) is 0 Å². The van der Waals surface area contributed by atoms with Crippen LogP contribution in [0, 0.1) is 0 Å². The predicted octanol–water partition coefficient (Wildman–Crippen LogP) is 1.67. The summed E-state index contributed by atoms with van der Waals surface area (Å²) in [6, 6.07) is 6.51. The van der Waals surface area contributed by atoms with Crippen molar-refractivity contribution < 1.29 is 8.42 Å². The monoisotopic (exact) mass is 362 g/mol. The van der Waals surface area contributed by atoms with Gasteiger partial charge in [-0.05, 0) is 34.1 Å². The molecule has 0 aromatic carbocycles. The third-order valence-electron chi connectivity index (χ3n) is 2.25. The Bertz CT molecular complexity index is 672. The highest BCUT2D eigenvalue weighted by molar-refractivity contribution is 9.11. The summed E-state index contributed by atoms with van der Waals surface area (Å²) >= 11 is 4.80. The summed E-state index contributed by atoms with van der Waals surface area (Å²) in [5, 5.41) is 0. The zero-order valence-electron chi connectivity index (χ0n) is 9.63. The standard InChI is InChI=1S/C10H11BrN4O2S2/c11-9-2-1-7(18-9)6-14-19(16,17)8-3-4-13-10(5-8)15-12/h1-5,14H,6,12H2,(H,13,15). The quantitative estimate of drug-likeness (QED) is 0.555. The molecule has 9 heteroatoms. The number of halogens is 1. The fourth-order valence-corrected chi connectivity index (χ4v) is 3.89. The molecule has 0 bridgehead atoms. The second-order valence-electron chi connectivity index (χ2n) is 3.55. The van der Waals surface area contributed by atoms with Crippen molar-refractivity contribution in [3.05, 3.63) is 39.1 Å². The first-order valence-electron chi connectivity index (χ1n) is 5.18. The first kappa shape index (κ1) is 14.4. The van der Waals surface area contributed by atoms with Gasteiger partial charge in [0.15, 0.2) is 0 Å². The zero-order chi connectivity index (χ0) is 13.9. The van der Waals surface area contributed by atoms with Gasteiger partial charge in [0.2, 0.25) is 10.0 Å². The van der Waals surface area contributed by atoms with Gasteiger partial charge in [-0.15, -0.1) is 11.3 Å². The van der Waals surface area contributed by atoms with Crippen molar-refractivity contribution in [2.24, 2.45) is 5.84 Å². The van der Waals surface area contributed by atoms with Gasteiger partial charge in [0, 0.05) is 23.7 Å². The summed E-state index contributed by atoms with van der Waals surface area (Å²) in [5.41, 5.74) is 2.31. The van der Waals surface area contributed by atoms with E-state index in [1.54, 1.807) is 0 Å². The molecule has 2 aromatic rings. The predicted molar refractivity (Wildman–Crippen MR) is 78.1 cm³/mol. The number of sulfonamides is 1. The van der Waals surface area contributed by atoms with Gasteiger partial charge in [0.1, 0.15) is 5.82 Å². The molecule has 2 rings (SSSR count). The van der Waals surface area contributed by atoms with Crippen LogP contribution >= 0.6 is 27.3 Å². The highest BCUT2D eigenvalue weighted by Crippen LogP contribution is 2.22. The van der Waals surface area contributed by atoms with Gasteiger partial charge >= 0.3 is 0 Å². The van der Waals surface area contributed by atoms with Gasteiger partial charge < -0.3 is 5.43 Å². The van der Waals surface area contributed by atoms with E-state index in [0.29, 0.717) is 5.82 Å². The van der Waals surface area contributed by atoms with Gasteiger partial charge in [0.25, 0.3) is 0 Å². The van der Waals surface area contributed by atoms with Crippen LogP contribution in [-0.4, -0.2) is 13.4 Å². The molecule has 0 fully saturated rings. The number of thiophene rings is 1. The molecule has 102 valence electrons. The molecule has 0 atom stereocenters. The summed E-state index contributed by atoms with van der Waals surface area (Å²) in [5.74, 6) is 5.49. The lowest BCUT2D eigenvalue weighted by atomic mass is 10.5. The van der Waals surface area contributed by atoms with Crippen molar-refractivity contribution >= 4 is 43.1 Å². The highest BCUT2D eigenvalue weighted by atomic mass is 79.9. The molecule has 0 aliphatic carbocycles. The number of nitrogens with one attached hydrogen (secondary N) is 2. The van der Waals surface area contributed by atoms with Crippen LogP contribution < -0.4 is 16.0 Å². The molecule has 19 heavy (non-hydrogen) atoms. The number of anilines is 1. The summed E-state index contributed by atoms with van der Waals surface area (Å²) in [6.45, 7) is 0.242. The molecule has 0 aliphatic rings. The average Bonchev–Trinajstić information content (AvgIpc) is 2.82. The van der Waals surface area contributed by atoms with Gasteiger partial charge in [-0.1, -0.05) is 0 Å². The Morgan fingerprint density at radius 3 is 2.79 bits per heavy atom. The maximum Gasteiger partial charge on any atom is 0.241 e. The molecule has 2 heterocycles. The van der Waals surface area contributed by atoms with Gasteiger partial charge in [-0.3, -0.25) is 0 Å². The lowest BCUT2D eigenvalue weighted by Gasteiger charge is -2.06. The Balaban J connectivity index is 2.13. The molecule has 0 radical (unpaired) electrons. The molecule has 4 N–H and O–H groups in total. The maximum atomic E-state index is 12.1. The van der Waals surface area contributed by atoms with Crippen LogP contribution in [0.3, 0.4) is 0 Å². The average molecular weight is 363 g/mol. The Morgan fingerprint density at radius 1 is 1.37 bits per heavy atom. The van der Waals surface area contributed by atoms with Crippen molar-refractivity contribution in [2.75, 3.05) is 5.43 Å². The molecule has 0 spiro atoms. The summed E-state index contributed by atoms with van der Waals surface area (Å²) in [4.78, 5) is 4.90. The fourth-order valence-electron chi connectivity index (χ4n) is 1.35. The van der Waals surface area contributed by atoms with Crippen molar-refractivity contribution in [3.8, 4) is 0 Å². The van der Waals surface area contributed by atoms with E-state index in [2.05, 4.69) is 31.1 Å². The number of hydrogen-bond acceptors (Lipinski definition) is 6. The molecule has 0 aliphatic heterocycles. The largest absolute Gasteiger partial charge is 0.308 e. The van der Waals surface area contributed by atoms with E-state index in [0.717, 1.165) is 8.66 Å². The van der Waals surface area contributed by atoms with E-state index >= 15 is 0 Å². The summed E-state index contributed by atoms with van der Waals surface area (Å²) in [6.07, 6.45) is 1.38. The van der Waals surface area contributed by atoms with E-state index in [-0.39, 0.29) is 11.4 Å². The van der Waals surface area contributed by atoms with Crippen LogP contribution in [0.15, 0.2) is 39.1 Å². The molecular formula is C10H11BrN4O2S2. The highest BCUT2D eigenvalue weighted by Gasteiger charge is 2.14. The Labute approximate surface area is 123 Å². The Morgan fingerprint density at radius 2 is 2.16 bits per heavy atom. The number of nitrogen functional groups attached to an aromatic ring is 1. The third-order valence-corrected chi connectivity index (χ3v) is 5.28. The SMILES string of the molecule is NNc1cc(S(=O)(=O)NCc2ccc(Br)s2)ccn1.